The van der Waals surface area contributed by atoms with Gasteiger partial charge in [-0.15, -0.1) is 0 Å². The van der Waals surface area contributed by atoms with Crippen molar-refractivity contribution in [1.29, 1.82) is 0 Å². The number of anilines is 3. The van der Waals surface area contributed by atoms with Gasteiger partial charge in [0.1, 0.15) is 17.9 Å². The van der Waals surface area contributed by atoms with Gasteiger partial charge in [0.25, 0.3) is 0 Å². The quantitative estimate of drug-likeness (QED) is 0.456. The van der Waals surface area contributed by atoms with E-state index >= 15 is 0 Å². The topological polar surface area (TPSA) is 124 Å². The van der Waals surface area contributed by atoms with Crippen molar-refractivity contribution >= 4 is 34.5 Å². The molecule has 1 atom stereocenters. The first-order valence-electron chi connectivity index (χ1n) is 12.3. The molecule has 0 aliphatic carbocycles. The molecule has 5 rings (SSSR count). The molecule has 0 bridgehead atoms. The van der Waals surface area contributed by atoms with Gasteiger partial charge in [-0.3, -0.25) is 9.69 Å². The summed E-state index contributed by atoms with van der Waals surface area (Å²) in [5, 5.41) is 3.23. The molecular formula is C25H32N8O3. The summed E-state index contributed by atoms with van der Waals surface area (Å²) >= 11 is 0. The average Bonchev–Trinajstić information content (AvgIpc) is 3.34. The fraction of sp³-hybridized carbons (Fsp3) is 0.440. The number of hydrogen-bond donors (Lipinski definition) is 2. The van der Waals surface area contributed by atoms with Crippen LogP contribution >= 0.6 is 0 Å². The molecule has 4 heterocycles. The third kappa shape index (κ3) is 5.42. The first kappa shape index (κ1) is 24.0. The van der Waals surface area contributed by atoms with Crippen LogP contribution in [0, 0.1) is 0 Å². The van der Waals surface area contributed by atoms with Gasteiger partial charge >= 0.3 is 0 Å². The number of imidazole rings is 1. The number of likely N-dealkylation sites (tertiary alicyclic amines) is 1. The van der Waals surface area contributed by atoms with E-state index in [1.165, 1.54) is 6.08 Å². The number of rotatable bonds is 8. The van der Waals surface area contributed by atoms with Crippen LogP contribution in [0.15, 0.2) is 43.2 Å². The lowest BCUT2D eigenvalue weighted by Gasteiger charge is -2.32. The predicted octanol–water partition coefficient (Wildman–Crippen LogP) is 2.21. The molecule has 2 aliphatic rings. The van der Waals surface area contributed by atoms with E-state index in [0.29, 0.717) is 36.1 Å². The van der Waals surface area contributed by atoms with Crippen LogP contribution in [0.5, 0.6) is 5.75 Å². The first-order chi connectivity index (χ1) is 17.6. The minimum atomic E-state index is -0.0610. The molecule has 2 saturated heterocycles. The Morgan fingerprint density at radius 3 is 2.81 bits per heavy atom. The van der Waals surface area contributed by atoms with Gasteiger partial charge < -0.3 is 30.0 Å². The zero-order valence-electron chi connectivity index (χ0n) is 20.3. The average molecular weight is 493 g/mol. The summed E-state index contributed by atoms with van der Waals surface area (Å²) in [4.78, 5) is 29.8. The van der Waals surface area contributed by atoms with Gasteiger partial charge in [0, 0.05) is 38.4 Å². The summed E-state index contributed by atoms with van der Waals surface area (Å²) in [6, 6.07) is 7.74. The lowest BCUT2D eigenvalue weighted by Crippen LogP contribution is -2.39. The van der Waals surface area contributed by atoms with Gasteiger partial charge in [0.05, 0.1) is 25.6 Å². The summed E-state index contributed by atoms with van der Waals surface area (Å²) in [6.45, 7) is 9.89. The third-order valence-corrected chi connectivity index (χ3v) is 6.61. The van der Waals surface area contributed by atoms with Gasteiger partial charge in [0.2, 0.25) is 11.9 Å². The molecular weight excluding hydrogens is 460 g/mol. The summed E-state index contributed by atoms with van der Waals surface area (Å²) in [5.74, 6) is 1.43. The van der Waals surface area contributed by atoms with E-state index < -0.39 is 0 Å². The Kier molecular flexibility index (Phi) is 7.28. The lowest BCUT2D eigenvalue weighted by atomic mass is 10.1. The number of nitrogens with two attached hydrogens (primary N) is 1. The molecule has 11 heteroatoms. The van der Waals surface area contributed by atoms with Gasteiger partial charge in [-0.1, -0.05) is 6.58 Å². The Labute approximate surface area is 209 Å². The standard InChI is InChI=1S/C25H32N8O3/c1-2-21(34)32-9-3-4-19(16-32)33-17-27-22-23(26)29-25(30-24(22)33)28-18-5-7-20(8-6-18)36-15-12-31-10-13-35-14-11-31/h2,5-8,17,19H,1,3-4,9-16H2,(H3,26,28,29,30). The zero-order chi connectivity index (χ0) is 24.9. The van der Waals surface area contributed by atoms with Crippen molar-refractivity contribution in [2.45, 2.75) is 18.9 Å². The monoisotopic (exact) mass is 492 g/mol. The number of nitrogen functional groups attached to an aromatic ring is 1. The van der Waals surface area contributed by atoms with Crippen molar-refractivity contribution in [3.63, 3.8) is 0 Å². The first-order valence-corrected chi connectivity index (χ1v) is 12.3. The maximum absolute atomic E-state index is 12.1. The smallest absolute Gasteiger partial charge is 0.246 e. The van der Waals surface area contributed by atoms with E-state index in [1.807, 2.05) is 28.8 Å². The number of fused-ring (bicyclic) bond motifs is 1. The Hall–Kier alpha value is -3.70. The van der Waals surface area contributed by atoms with Crippen LogP contribution in [-0.2, 0) is 9.53 Å². The maximum atomic E-state index is 12.1. The number of hydrogen-bond acceptors (Lipinski definition) is 9. The fourth-order valence-electron chi connectivity index (χ4n) is 4.65. The molecule has 36 heavy (non-hydrogen) atoms. The summed E-state index contributed by atoms with van der Waals surface area (Å²) in [6.07, 6.45) is 4.91. The maximum Gasteiger partial charge on any atom is 0.246 e. The van der Waals surface area contributed by atoms with Gasteiger partial charge in [-0.05, 0) is 43.2 Å². The van der Waals surface area contributed by atoms with Gasteiger partial charge in [0.15, 0.2) is 11.5 Å². The zero-order valence-corrected chi connectivity index (χ0v) is 20.3. The van der Waals surface area contributed by atoms with Crippen LogP contribution in [0.1, 0.15) is 18.9 Å². The number of morpholine rings is 1. The van der Waals surface area contributed by atoms with Crippen LogP contribution in [0.3, 0.4) is 0 Å². The van der Waals surface area contributed by atoms with E-state index in [4.69, 9.17) is 20.2 Å². The number of carbonyl (C=O) groups is 1. The number of ether oxygens (including phenoxy) is 2. The molecule has 190 valence electrons. The number of amides is 1. The van der Waals surface area contributed by atoms with Crippen molar-refractivity contribution in [2.24, 2.45) is 0 Å². The molecule has 2 aromatic heterocycles. The summed E-state index contributed by atoms with van der Waals surface area (Å²) in [5.41, 5.74) is 8.23. The summed E-state index contributed by atoms with van der Waals surface area (Å²) in [7, 11) is 0. The Balaban J connectivity index is 1.25. The van der Waals surface area contributed by atoms with Gasteiger partial charge in [-0.25, -0.2) is 4.98 Å². The second kappa shape index (κ2) is 10.9. The van der Waals surface area contributed by atoms with Crippen molar-refractivity contribution in [3.05, 3.63) is 43.2 Å². The highest BCUT2D eigenvalue weighted by molar-refractivity contribution is 5.87. The molecule has 3 N–H and O–H groups in total. The molecule has 2 fully saturated rings. The van der Waals surface area contributed by atoms with Crippen LogP contribution in [0.2, 0.25) is 0 Å². The van der Waals surface area contributed by atoms with E-state index in [2.05, 4.69) is 26.8 Å². The van der Waals surface area contributed by atoms with Crippen LogP contribution in [0.25, 0.3) is 11.2 Å². The third-order valence-electron chi connectivity index (χ3n) is 6.61. The predicted molar refractivity (Wildman–Crippen MR) is 137 cm³/mol. The minimum absolute atomic E-state index is 0.0590. The summed E-state index contributed by atoms with van der Waals surface area (Å²) < 4.78 is 13.3. The van der Waals surface area contributed by atoms with Crippen molar-refractivity contribution in [3.8, 4) is 5.75 Å². The van der Waals surface area contributed by atoms with Crippen LogP contribution in [-0.4, -0.2) is 87.8 Å². The Morgan fingerprint density at radius 2 is 2.03 bits per heavy atom. The van der Waals surface area contributed by atoms with E-state index in [-0.39, 0.29) is 11.9 Å². The molecule has 1 unspecified atom stereocenters. The molecule has 0 radical (unpaired) electrons. The van der Waals surface area contributed by atoms with Crippen LogP contribution in [0.4, 0.5) is 17.5 Å². The van der Waals surface area contributed by atoms with Crippen molar-refractivity contribution < 1.29 is 14.3 Å². The lowest BCUT2D eigenvalue weighted by molar-refractivity contribution is -0.127. The normalized spacial score (nSPS) is 18.8. The number of aromatic nitrogens is 4. The highest BCUT2D eigenvalue weighted by atomic mass is 16.5. The highest BCUT2D eigenvalue weighted by Gasteiger charge is 2.26. The molecule has 1 amide bonds. The number of piperidine rings is 1. The van der Waals surface area contributed by atoms with E-state index in [0.717, 1.165) is 63.7 Å². The molecule has 2 aliphatic heterocycles. The molecule has 0 saturated carbocycles. The van der Waals surface area contributed by atoms with Crippen LogP contribution < -0.4 is 15.8 Å². The molecule has 11 nitrogen and oxygen atoms in total. The molecule has 1 aromatic carbocycles. The number of benzene rings is 1. The highest BCUT2D eigenvalue weighted by Crippen LogP contribution is 2.28. The second-order valence-electron chi connectivity index (χ2n) is 8.99. The largest absolute Gasteiger partial charge is 0.492 e. The molecule has 0 spiro atoms. The Morgan fingerprint density at radius 1 is 1.22 bits per heavy atom. The SMILES string of the molecule is C=CC(=O)N1CCCC(n2cnc3c(N)nc(Nc4ccc(OCCN5CCOCC5)cc4)nc32)C1. The van der Waals surface area contributed by atoms with E-state index in [9.17, 15) is 4.79 Å². The number of carbonyl (C=O) groups excluding carboxylic acids is 1. The fourth-order valence-corrected chi connectivity index (χ4v) is 4.65. The van der Waals surface area contributed by atoms with Gasteiger partial charge in [-0.2, -0.15) is 9.97 Å². The Bertz CT molecular complexity index is 1210. The van der Waals surface area contributed by atoms with Crippen molar-refractivity contribution in [1.82, 2.24) is 29.3 Å². The number of nitrogens with zero attached hydrogens (tertiary/aromatic N) is 6. The van der Waals surface area contributed by atoms with E-state index in [1.54, 1.807) is 11.2 Å². The number of nitrogens with one attached hydrogen (secondary N) is 1. The van der Waals surface area contributed by atoms with Crippen molar-refractivity contribution in [2.75, 3.05) is 63.6 Å². The molecule has 3 aromatic rings. The minimum Gasteiger partial charge on any atom is -0.492 e. The second-order valence-corrected chi connectivity index (χ2v) is 8.99.